The summed E-state index contributed by atoms with van der Waals surface area (Å²) >= 11 is 0. The van der Waals surface area contributed by atoms with Crippen molar-refractivity contribution in [2.75, 3.05) is 0 Å². The van der Waals surface area contributed by atoms with Gasteiger partial charge in [0.2, 0.25) is 0 Å². The molecule has 0 radical (unpaired) electrons. The number of aryl methyl sites for hydroxylation is 1. The minimum absolute atomic E-state index is 0.0184. The van der Waals surface area contributed by atoms with Crippen LogP contribution >= 0.6 is 0 Å². The van der Waals surface area contributed by atoms with E-state index >= 15 is 0 Å². The zero-order valence-corrected chi connectivity index (χ0v) is 6.93. The number of hydrogen-bond donors (Lipinski definition) is 1. The number of carbonyl (C=O) groups is 1. The van der Waals surface area contributed by atoms with E-state index in [2.05, 4.69) is 9.97 Å². The van der Waals surface area contributed by atoms with Crippen molar-refractivity contribution in [3.63, 3.8) is 0 Å². The smallest absolute Gasteiger partial charge is 0.356 e. The maximum atomic E-state index is 10.6. The van der Waals surface area contributed by atoms with Crippen LogP contribution in [0.3, 0.4) is 0 Å². The summed E-state index contributed by atoms with van der Waals surface area (Å²) in [5, 5.41) is 8.65. The molecular weight excluding hydrogens is 170 g/mol. The van der Waals surface area contributed by atoms with E-state index in [1.54, 1.807) is 10.6 Å². The van der Waals surface area contributed by atoms with Crippen LogP contribution in [0.5, 0.6) is 0 Å². The van der Waals surface area contributed by atoms with E-state index in [0.717, 1.165) is 5.69 Å². The normalized spacial score (nSPS) is 10.5. The highest BCUT2D eigenvalue weighted by Gasteiger charge is 2.05. The Morgan fingerprint density at radius 3 is 3.00 bits per heavy atom. The Kier molecular flexibility index (Phi) is 1.51. The lowest BCUT2D eigenvalue weighted by Gasteiger charge is -1.94. The molecule has 2 aromatic rings. The Balaban J connectivity index is 2.67. The summed E-state index contributed by atoms with van der Waals surface area (Å²) in [6.45, 7) is 1.84. The number of rotatable bonds is 1. The summed E-state index contributed by atoms with van der Waals surface area (Å²) in [5.41, 5.74) is 1.51. The van der Waals surface area contributed by atoms with Gasteiger partial charge in [-0.25, -0.2) is 14.8 Å². The Bertz CT molecular complexity index is 475. The maximum Gasteiger partial charge on any atom is 0.356 e. The molecule has 0 fully saturated rings. The summed E-state index contributed by atoms with van der Waals surface area (Å²) in [5.74, 6) is -1.03. The third kappa shape index (κ3) is 1.24. The second-order valence-corrected chi connectivity index (χ2v) is 2.73. The molecule has 0 aromatic carbocycles. The Labute approximate surface area is 73.7 Å². The number of imidazole rings is 1. The SMILES string of the molecule is Cc1cn2cc(C(=O)O)ncc2n1. The van der Waals surface area contributed by atoms with Gasteiger partial charge in [0.05, 0.1) is 11.9 Å². The van der Waals surface area contributed by atoms with Gasteiger partial charge >= 0.3 is 5.97 Å². The monoisotopic (exact) mass is 177 g/mol. The van der Waals surface area contributed by atoms with Gasteiger partial charge in [0.15, 0.2) is 11.3 Å². The van der Waals surface area contributed by atoms with Gasteiger partial charge in [-0.1, -0.05) is 0 Å². The number of fused-ring (bicyclic) bond motifs is 1. The number of nitrogens with zero attached hydrogens (tertiary/aromatic N) is 3. The molecule has 0 aliphatic carbocycles. The number of carboxylic acids is 1. The fourth-order valence-electron chi connectivity index (χ4n) is 1.14. The molecule has 1 N–H and O–H groups in total. The van der Waals surface area contributed by atoms with E-state index in [1.165, 1.54) is 12.4 Å². The number of aromatic carboxylic acids is 1. The highest BCUT2D eigenvalue weighted by Crippen LogP contribution is 2.03. The fraction of sp³-hybridized carbons (Fsp3) is 0.125. The lowest BCUT2D eigenvalue weighted by Crippen LogP contribution is -2.01. The van der Waals surface area contributed by atoms with Gasteiger partial charge in [0.1, 0.15) is 0 Å². The zero-order chi connectivity index (χ0) is 9.42. The van der Waals surface area contributed by atoms with Crippen LogP contribution in [0.4, 0.5) is 0 Å². The minimum atomic E-state index is -1.03. The van der Waals surface area contributed by atoms with Gasteiger partial charge in [0.25, 0.3) is 0 Å². The molecule has 2 rings (SSSR count). The first-order chi connectivity index (χ1) is 6.16. The van der Waals surface area contributed by atoms with E-state index < -0.39 is 5.97 Å². The third-order valence-electron chi connectivity index (χ3n) is 1.68. The fourth-order valence-corrected chi connectivity index (χ4v) is 1.14. The standard InChI is InChI=1S/C8H7N3O2/c1-5-3-11-4-6(8(12)13)9-2-7(11)10-5/h2-4H,1H3,(H,12,13). The van der Waals surface area contributed by atoms with Crippen molar-refractivity contribution in [3.05, 3.63) is 30.0 Å². The second kappa shape index (κ2) is 2.55. The average Bonchev–Trinajstić information content (AvgIpc) is 2.42. The molecule has 5 heteroatoms. The molecule has 0 atom stereocenters. The summed E-state index contributed by atoms with van der Waals surface area (Å²) in [4.78, 5) is 18.4. The van der Waals surface area contributed by atoms with Crippen LogP contribution in [0, 0.1) is 6.92 Å². The first-order valence-corrected chi connectivity index (χ1v) is 3.71. The predicted octanol–water partition coefficient (Wildman–Crippen LogP) is 0.736. The van der Waals surface area contributed by atoms with E-state index in [1.807, 2.05) is 6.92 Å². The molecule has 0 bridgehead atoms. The van der Waals surface area contributed by atoms with Gasteiger partial charge in [0, 0.05) is 12.4 Å². The first-order valence-electron chi connectivity index (χ1n) is 3.71. The summed E-state index contributed by atoms with van der Waals surface area (Å²) in [7, 11) is 0. The minimum Gasteiger partial charge on any atom is -0.476 e. The number of hydrogen-bond acceptors (Lipinski definition) is 3. The van der Waals surface area contributed by atoms with Gasteiger partial charge < -0.3 is 9.51 Å². The Hall–Kier alpha value is -1.91. The molecule has 5 nitrogen and oxygen atoms in total. The van der Waals surface area contributed by atoms with Gasteiger partial charge in [-0.2, -0.15) is 0 Å². The molecule has 2 heterocycles. The molecule has 0 spiro atoms. The van der Waals surface area contributed by atoms with Gasteiger partial charge in [-0.15, -0.1) is 0 Å². The zero-order valence-electron chi connectivity index (χ0n) is 6.93. The molecule has 0 amide bonds. The van der Waals surface area contributed by atoms with Crippen LogP contribution in [0.15, 0.2) is 18.6 Å². The molecule has 0 saturated carbocycles. The van der Waals surface area contributed by atoms with Crippen LogP contribution in [-0.4, -0.2) is 25.4 Å². The van der Waals surface area contributed by atoms with E-state index in [0.29, 0.717) is 5.65 Å². The van der Waals surface area contributed by atoms with Crippen molar-refractivity contribution in [2.24, 2.45) is 0 Å². The molecule has 2 aromatic heterocycles. The van der Waals surface area contributed by atoms with Crippen molar-refractivity contribution >= 4 is 11.6 Å². The first kappa shape index (κ1) is 7.72. The van der Waals surface area contributed by atoms with Crippen LogP contribution < -0.4 is 0 Å². The summed E-state index contributed by atoms with van der Waals surface area (Å²) in [6.07, 6.45) is 4.64. The van der Waals surface area contributed by atoms with Gasteiger partial charge in [-0.05, 0) is 6.92 Å². The predicted molar refractivity (Wildman–Crippen MR) is 44.7 cm³/mol. The lowest BCUT2D eigenvalue weighted by atomic mass is 10.4. The number of carboxylic acid groups (broad SMARTS) is 1. The van der Waals surface area contributed by atoms with Crippen molar-refractivity contribution < 1.29 is 9.90 Å². The van der Waals surface area contributed by atoms with E-state index in [-0.39, 0.29) is 5.69 Å². The van der Waals surface area contributed by atoms with Crippen LogP contribution in [-0.2, 0) is 0 Å². The largest absolute Gasteiger partial charge is 0.476 e. The van der Waals surface area contributed by atoms with E-state index in [9.17, 15) is 4.79 Å². The van der Waals surface area contributed by atoms with Crippen molar-refractivity contribution in [2.45, 2.75) is 6.92 Å². The van der Waals surface area contributed by atoms with Crippen molar-refractivity contribution in [3.8, 4) is 0 Å². The van der Waals surface area contributed by atoms with Crippen LogP contribution in [0.1, 0.15) is 16.2 Å². The molecule has 0 unspecified atom stereocenters. The highest BCUT2D eigenvalue weighted by molar-refractivity contribution is 5.85. The van der Waals surface area contributed by atoms with Crippen LogP contribution in [0.2, 0.25) is 0 Å². The third-order valence-corrected chi connectivity index (χ3v) is 1.68. The second-order valence-electron chi connectivity index (χ2n) is 2.73. The van der Waals surface area contributed by atoms with Crippen molar-refractivity contribution in [1.82, 2.24) is 14.4 Å². The van der Waals surface area contributed by atoms with E-state index in [4.69, 9.17) is 5.11 Å². The molecule has 0 aliphatic heterocycles. The Morgan fingerprint density at radius 2 is 2.31 bits per heavy atom. The molecular formula is C8H7N3O2. The Morgan fingerprint density at radius 1 is 1.54 bits per heavy atom. The molecule has 66 valence electrons. The average molecular weight is 177 g/mol. The molecule has 13 heavy (non-hydrogen) atoms. The number of aromatic nitrogens is 3. The lowest BCUT2D eigenvalue weighted by molar-refractivity contribution is 0.0690. The summed E-state index contributed by atoms with van der Waals surface area (Å²) in [6, 6.07) is 0. The van der Waals surface area contributed by atoms with Crippen molar-refractivity contribution in [1.29, 1.82) is 0 Å². The highest BCUT2D eigenvalue weighted by atomic mass is 16.4. The van der Waals surface area contributed by atoms with Gasteiger partial charge in [-0.3, -0.25) is 0 Å². The summed E-state index contributed by atoms with van der Waals surface area (Å²) < 4.78 is 1.64. The topological polar surface area (TPSA) is 67.5 Å². The quantitative estimate of drug-likeness (QED) is 0.697. The molecule has 0 saturated heterocycles. The maximum absolute atomic E-state index is 10.6. The van der Waals surface area contributed by atoms with Crippen LogP contribution in [0.25, 0.3) is 5.65 Å². The molecule has 0 aliphatic rings.